The fourth-order valence-corrected chi connectivity index (χ4v) is 1.44. The van der Waals surface area contributed by atoms with Crippen molar-refractivity contribution in [2.45, 2.75) is 26.2 Å². The lowest BCUT2D eigenvalue weighted by molar-refractivity contribution is 0.794. The Labute approximate surface area is 76.8 Å². The van der Waals surface area contributed by atoms with Gasteiger partial charge >= 0.3 is 0 Å². The van der Waals surface area contributed by atoms with Crippen molar-refractivity contribution in [2.24, 2.45) is 0 Å². The summed E-state index contributed by atoms with van der Waals surface area (Å²) in [5, 5.41) is 0. The Morgan fingerprint density at radius 3 is 2.91 bits per heavy atom. The molecular formula is C10H12Br. The second-order valence-corrected chi connectivity index (χ2v) is 3.58. The fourth-order valence-electron chi connectivity index (χ4n) is 1.01. The van der Waals surface area contributed by atoms with Gasteiger partial charge < -0.3 is 0 Å². The highest BCUT2D eigenvalue weighted by molar-refractivity contribution is 9.10. The number of benzene rings is 1. The summed E-state index contributed by atoms with van der Waals surface area (Å²) in [7, 11) is 0. The second kappa shape index (κ2) is 4.55. The number of hydrogen-bond acceptors (Lipinski definition) is 0. The maximum absolute atomic E-state index is 3.42. The average Bonchev–Trinajstić information content (AvgIpc) is 2.01. The smallest absolute Gasteiger partial charge is 0.0184 e. The standard InChI is InChI=1S/C10H12Br/c1-2-3-5-9-6-4-7-10(11)8-9/h6-8H,2-3,5H2,1H3. The molecular weight excluding hydrogens is 200 g/mol. The first-order valence-electron chi connectivity index (χ1n) is 3.98. The summed E-state index contributed by atoms with van der Waals surface area (Å²) in [5.74, 6) is 0. The molecule has 0 saturated heterocycles. The van der Waals surface area contributed by atoms with Gasteiger partial charge in [0, 0.05) is 4.47 Å². The molecule has 1 aromatic rings. The SMILES string of the molecule is CCCCc1c[c]cc(Br)c1. The van der Waals surface area contributed by atoms with Crippen molar-refractivity contribution >= 4 is 15.9 Å². The van der Waals surface area contributed by atoms with Crippen molar-refractivity contribution in [3.63, 3.8) is 0 Å². The van der Waals surface area contributed by atoms with Crippen LogP contribution >= 0.6 is 15.9 Å². The Bertz CT molecular complexity index is 218. The first kappa shape index (κ1) is 8.79. The summed E-state index contributed by atoms with van der Waals surface area (Å²) in [6.45, 7) is 2.21. The second-order valence-electron chi connectivity index (χ2n) is 2.66. The summed E-state index contributed by atoms with van der Waals surface area (Å²) in [6, 6.07) is 9.25. The molecule has 0 nitrogen and oxygen atoms in total. The Balaban J connectivity index is 2.56. The maximum Gasteiger partial charge on any atom is 0.0184 e. The number of aryl methyl sites for hydroxylation is 1. The van der Waals surface area contributed by atoms with E-state index in [0.717, 1.165) is 4.47 Å². The third-order valence-electron chi connectivity index (χ3n) is 1.63. The molecule has 0 fully saturated rings. The van der Waals surface area contributed by atoms with Crippen molar-refractivity contribution in [3.05, 3.63) is 34.3 Å². The average molecular weight is 212 g/mol. The van der Waals surface area contributed by atoms with Crippen LogP contribution in [0.3, 0.4) is 0 Å². The molecule has 0 aliphatic rings. The number of unbranched alkanes of at least 4 members (excludes halogenated alkanes) is 1. The van der Waals surface area contributed by atoms with Crippen LogP contribution in [0.5, 0.6) is 0 Å². The van der Waals surface area contributed by atoms with Gasteiger partial charge in [0.15, 0.2) is 0 Å². The van der Waals surface area contributed by atoms with Crippen LogP contribution in [0.1, 0.15) is 25.3 Å². The molecule has 0 aromatic heterocycles. The van der Waals surface area contributed by atoms with Crippen molar-refractivity contribution in [1.82, 2.24) is 0 Å². The Morgan fingerprint density at radius 2 is 2.27 bits per heavy atom. The molecule has 0 amide bonds. The van der Waals surface area contributed by atoms with Crippen LogP contribution in [0.25, 0.3) is 0 Å². The molecule has 0 unspecified atom stereocenters. The molecule has 0 spiro atoms. The first-order valence-corrected chi connectivity index (χ1v) is 4.77. The van der Waals surface area contributed by atoms with E-state index in [1.54, 1.807) is 0 Å². The summed E-state index contributed by atoms with van der Waals surface area (Å²) in [5.41, 5.74) is 1.38. The Kier molecular flexibility index (Phi) is 3.64. The van der Waals surface area contributed by atoms with Gasteiger partial charge in [-0.25, -0.2) is 0 Å². The van der Waals surface area contributed by atoms with E-state index >= 15 is 0 Å². The highest BCUT2D eigenvalue weighted by Gasteiger charge is 1.92. The lowest BCUT2D eigenvalue weighted by Gasteiger charge is -1.98. The maximum atomic E-state index is 3.42. The molecule has 0 aliphatic heterocycles. The molecule has 0 aliphatic carbocycles. The Morgan fingerprint density at radius 1 is 1.45 bits per heavy atom. The predicted octanol–water partition coefficient (Wildman–Crippen LogP) is 3.59. The summed E-state index contributed by atoms with van der Waals surface area (Å²) >= 11 is 3.42. The van der Waals surface area contributed by atoms with E-state index in [9.17, 15) is 0 Å². The van der Waals surface area contributed by atoms with Crippen LogP contribution in [0, 0.1) is 6.07 Å². The molecule has 1 aromatic carbocycles. The van der Waals surface area contributed by atoms with Crippen molar-refractivity contribution in [2.75, 3.05) is 0 Å². The van der Waals surface area contributed by atoms with Crippen LogP contribution in [-0.4, -0.2) is 0 Å². The minimum atomic E-state index is 1.13. The van der Waals surface area contributed by atoms with E-state index < -0.39 is 0 Å². The molecule has 59 valence electrons. The van der Waals surface area contributed by atoms with Crippen molar-refractivity contribution in [3.8, 4) is 0 Å². The van der Waals surface area contributed by atoms with Gasteiger partial charge in [-0.05, 0) is 36.6 Å². The molecule has 0 heterocycles. The number of rotatable bonds is 3. The van der Waals surface area contributed by atoms with E-state index in [2.05, 4.69) is 41.1 Å². The van der Waals surface area contributed by atoms with Gasteiger partial charge in [-0.1, -0.05) is 35.3 Å². The molecule has 1 rings (SSSR count). The van der Waals surface area contributed by atoms with Crippen molar-refractivity contribution < 1.29 is 0 Å². The van der Waals surface area contributed by atoms with Crippen molar-refractivity contribution in [1.29, 1.82) is 0 Å². The zero-order valence-corrected chi connectivity index (χ0v) is 8.32. The first-order chi connectivity index (χ1) is 5.33. The summed E-state index contributed by atoms with van der Waals surface area (Å²) in [6.07, 6.45) is 3.70. The zero-order chi connectivity index (χ0) is 8.10. The van der Waals surface area contributed by atoms with Gasteiger partial charge in [0.2, 0.25) is 0 Å². The number of hydrogen-bond donors (Lipinski definition) is 0. The van der Waals surface area contributed by atoms with Gasteiger partial charge in [0.1, 0.15) is 0 Å². The monoisotopic (exact) mass is 211 g/mol. The normalized spacial score (nSPS) is 10.0. The molecule has 1 heteroatoms. The summed E-state index contributed by atoms with van der Waals surface area (Å²) in [4.78, 5) is 0. The van der Waals surface area contributed by atoms with Gasteiger partial charge in [-0.15, -0.1) is 0 Å². The van der Waals surface area contributed by atoms with Gasteiger partial charge in [0.05, 0.1) is 0 Å². The highest BCUT2D eigenvalue weighted by atomic mass is 79.9. The minimum absolute atomic E-state index is 1.13. The highest BCUT2D eigenvalue weighted by Crippen LogP contribution is 2.12. The third kappa shape index (κ3) is 3.06. The fraction of sp³-hybridized carbons (Fsp3) is 0.400. The van der Waals surface area contributed by atoms with Gasteiger partial charge in [-0.3, -0.25) is 0 Å². The Hall–Kier alpha value is -0.300. The van der Waals surface area contributed by atoms with E-state index in [1.165, 1.54) is 24.8 Å². The molecule has 0 bridgehead atoms. The summed E-state index contributed by atoms with van der Waals surface area (Å²) < 4.78 is 1.13. The third-order valence-corrected chi connectivity index (χ3v) is 2.09. The van der Waals surface area contributed by atoms with Crippen LogP contribution in [0.2, 0.25) is 0 Å². The largest absolute Gasteiger partial charge is 0.0654 e. The minimum Gasteiger partial charge on any atom is -0.0654 e. The lowest BCUT2D eigenvalue weighted by Crippen LogP contribution is -1.83. The van der Waals surface area contributed by atoms with Crippen LogP contribution in [-0.2, 0) is 6.42 Å². The lowest BCUT2D eigenvalue weighted by atomic mass is 10.1. The van der Waals surface area contributed by atoms with Crippen LogP contribution in [0.4, 0.5) is 0 Å². The molecule has 0 N–H and O–H groups in total. The topological polar surface area (TPSA) is 0 Å². The molecule has 0 saturated carbocycles. The van der Waals surface area contributed by atoms with Crippen LogP contribution < -0.4 is 0 Å². The molecule has 11 heavy (non-hydrogen) atoms. The number of halogens is 1. The van der Waals surface area contributed by atoms with E-state index in [1.807, 2.05) is 6.07 Å². The van der Waals surface area contributed by atoms with Gasteiger partial charge in [-0.2, -0.15) is 0 Å². The quantitative estimate of drug-likeness (QED) is 0.718. The van der Waals surface area contributed by atoms with E-state index in [4.69, 9.17) is 0 Å². The van der Waals surface area contributed by atoms with Gasteiger partial charge in [0.25, 0.3) is 0 Å². The predicted molar refractivity (Wildman–Crippen MR) is 51.6 cm³/mol. The van der Waals surface area contributed by atoms with E-state index in [0.29, 0.717) is 0 Å². The molecule has 1 radical (unpaired) electrons. The zero-order valence-electron chi connectivity index (χ0n) is 6.73. The van der Waals surface area contributed by atoms with E-state index in [-0.39, 0.29) is 0 Å². The van der Waals surface area contributed by atoms with Crippen LogP contribution in [0.15, 0.2) is 22.7 Å². The molecule has 0 atom stereocenters.